The second-order valence-electron chi connectivity index (χ2n) is 7.99. The van der Waals surface area contributed by atoms with Gasteiger partial charge in [-0.15, -0.1) is 0 Å². The van der Waals surface area contributed by atoms with E-state index in [-0.39, 0.29) is 29.9 Å². The number of hydrogen-bond donors (Lipinski definition) is 1. The van der Waals surface area contributed by atoms with Gasteiger partial charge in [-0.1, -0.05) is 6.07 Å². The van der Waals surface area contributed by atoms with E-state index in [2.05, 4.69) is 15.0 Å². The highest BCUT2D eigenvalue weighted by Gasteiger charge is 2.41. The third-order valence-corrected chi connectivity index (χ3v) is 5.72. The molecule has 2 aromatic heterocycles. The molecule has 2 aliphatic rings. The van der Waals surface area contributed by atoms with Gasteiger partial charge in [-0.3, -0.25) is 19.1 Å². The van der Waals surface area contributed by atoms with E-state index in [1.807, 2.05) is 35.7 Å². The molecular weight excluding hydrogens is 388 g/mol. The molecule has 30 heavy (non-hydrogen) atoms. The Morgan fingerprint density at radius 1 is 1.33 bits per heavy atom. The van der Waals surface area contributed by atoms with Crippen LogP contribution in [0.2, 0.25) is 0 Å². The van der Waals surface area contributed by atoms with Crippen LogP contribution in [0.3, 0.4) is 0 Å². The number of carbonyl (C=O) groups excluding carboxylic acids is 1. The van der Waals surface area contributed by atoms with Gasteiger partial charge in [0, 0.05) is 43.7 Å². The second-order valence-corrected chi connectivity index (χ2v) is 7.99. The zero-order chi connectivity index (χ0) is 21.7. The molecule has 1 fully saturated rings. The lowest BCUT2D eigenvalue weighted by Gasteiger charge is -2.47. The van der Waals surface area contributed by atoms with Crippen molar-refractivity contribution in [3.8, 4) is 0 Å². The standard InChI is InChI=1S/C19H26N6O2.CH2O2/c1-22(2)11-17-15-8-14(16-4-3-5-19(27)25(16)17)9-23(10-15)18(26)6-7-24-13-20-12-21-24;2-1-3/h3-5,12-15,17H,6-11H2,1-2H3;1H,(H,2,3)/t14-,15+,17+;/m1./s1. The lowest BCUT2D eigenvalue weighted by atomic mass is 9.78. The Kier molecular flexibility index (Phi) is 6.99. The number of nitrogens with zero attached hydrogens (tertiary/aromatic N) is 6. The maximum Gasteiger partial charge on any atom is 0.290 e. The van der Waals surface area contributed by atoms with Crippen molar-refractivity contribution in [1.29, 1.82) is 0 Å². The Labute approximate surface area is 174 Å². The highest BCUT2D eigenvalue weighted by molar-refractivity contribution is 5.76. The van der Waals surface area contributed by atoms with Crippen LogP contribution in [0.5, 0.6) is 0 Å². The fourth-order valence-electron chi connectivity index (χ4n) is 4.57. The lowest BCUT2D eigenvalue weighted by molar-refractivity contribution is -0.134. The van der Waals surface area contributed by atoms with Crippen molar-refractivity contribution in [3.05, 3.63) is 46.9 Å². The SMILES string of the molecule is CN(C)C[C@H]1[C@H]2C[C@H](CN(C(=O)CCn3cncn3)C2)c2cccc(=O)n21.O=CO. The zero-order valence-electron chi connectivity index (χ0n) is 17.3. The highest BCUT2D eigenvalue weighted by Crippen LogP contribution is 2.41. The summed E-state index contributed by atoms with van der Waals surface area (Å²) in [6, 6.07) is 5.64. The van der Waals surface area contributed by atoms with Gasteiger partial charge in [0.15, 0.2) is 0 Å². The first-order chi connectivity index (χ1) is 14.4. The summed E-state index contributed by atoms with van der Waals surface area (Å²) in [6.07, 6.45) is 4.57. The summed E-state index contributed by atoms with van der Waals surface area (Å²) in [5.41, 5.74) is 1.14. The summed E-state index contributed by atoms with van der Waals surface area (Å²) in [7, 11) is 4.06. The van der Waals surface area contributed by atoms with Crippen molar-refractivity contribution in [3.63, 3.8) is 0 Å². The Bertz CT molecular complexity index is 910. The van der Waals surface area contributed by atoms with Crippen molar-refractivity contribution in [2.45, 2.75) is 31.3 Å². The number of likely N-dealkylation sites (N-methyl/N-ethyl adjacent to an activating group) is 1. The first-order valence-electron chi connectivity index (χ1n) is 9.98. The molecule has 10 heteroatoms. The average Bonchev–Trinajstić information content (AvgIpc) is 3.23. The second kappa shape index (κ2) is 9.66. The molecule has 4 heterocycles. The zero-order valence-corrected chi connectivity index (χ0v) is 17.3. The van der Waals surface area contributed by atoms with Crippen molar-refractivity contribution in [2.24, 2.45) is 5.92 Å². The predicted molar refractivity (Wildman–Crippen MR) is 109 cm³/mol. The summed E-state index contributed by atoms with van der Waals surface area (Å²) in [4.78, 5) is 41.8. The van der Waals surface area contributed by atoms with E-state index in [0.29, 0.717) is 32.0 Å². The molecule has 0 aliphatic carbocycles. The van der Waals surface area contributed by atoms with E-state index in [1.165, 1.54) is 6.33 Å². The number of pyridine rings is 1. The number of piperidine rings is 1. The molecule has 0 aromatic carbocycles. The normalized spacial score (nSPS) is 22.1. The van der Waals surface area contributed by atoms with E-state index >= 15 is 0 Å². The van der Waals surface area contributed by atoms with Gasteiger partial charge in [0.25, 0.3) is 12.0 Å². The molecule has 2 bridgehead atoms. The molecular formula is C20H28N6O4. The molecule has 0 saturated carbocycles. The van der Waals surface area contributed by atoms with E-state index in [0.717, 1.165) is 18.7 Å². The van der Waals surface area contributed by atoms with Crippen molar-refractivity contribution < 1.29 is 14.7 Å². The predicted octanol–water partition coefficient (Wildman–Crippen LogP) is 0.279. The van der Waals surface area contributed by atoms with Gasteiger partial charge in [-0.05, 0) is 32.5 Å². The molecule has 1 amide bonds. The van der Waals surface area contributed by atoms with E-state index in [4.69, 9.17) is 9.90 Å². The average molecular weight is 416 g/mol. The Morgan fingerprint density at radius 2 is 2.10 bits per heavy atom. The minimum Gasteiger partial charge on any atom is -0.483 e. The number of aromatic nitrogens is 4. The number of amides is 1. The quantitative estimate of drug-likeness (QED) is 0.697. The lowest BCUT2D eigenvalue weighted by Crippen LogP contribution is -2.52. The molecule has 2 aromatic rings. The van der Waals surface area contributed by atoms with Crippen LogP contribution in [0, 0.1) is 5.92 Å². The summed E-state index contributed by atoms with van der Waals surface area (Å²) in [5, 5.41) is 11.0. The Morgan fingerprint density at radius 3 is 2.77 bits per heavy atom. The van der Waals surface area contributed by atoms with Crippen LogP contribution in [-0.2, 0) is 16.1 Å². The molecule has 1 N–H and O–H groups in total. The molecule has 4 rings (SSSR count). The molecule has 1 saturated heterocycles. The van der Waals surface area contributed by atoms with Crippen LogP contribution in [-0.4, -0.2) is 80.3 Å². The molecule has 0 radical (unpaired) electrons. The van der Waals surface area contributed by atoms with Gasteiger partial charge >= 0.3 is 0 Å². The number of hydrogen-bond acceptors (Lipinski definition) is 6. The van der Waals surface area contributed by atoms with Crippen LogP contribution in [0.1, 0.15) is 30.5 Å². The van der Waals surface area contributed by atoms with Gasteiger partial charge < -0.3 is 19.5 Å². The van der Waals surface area contributed by atoms with Crippen LogP contribution in [0.25, 0.3) is 0 Å². The monoisotopic (exact) mass is 416 g/mol. The number of likely N-dealkylation sites (tertiary alicyclic amines) is 1. The van der Waals surface area contributed by atoms with Crippen LogP contribution in [0.15, 0.2) is 35.6 Å². The Hall–Kier alpha value is -3.01. The largest absolute Gasteiger partial charge is 0.483 e. The molecule has 3 atom stereocenters. The summed E-state index contributed by atoms with van der Waals surface area (Å²) in [6.45, 7) is 2.49. The van der Waals surface area contributed by atoms with Gasteiger partial charge in [0.05, 0.1) is 12.6 Å². The van der Waals surface area contributed by atoms with Crippen molar-refractivity contribution in [1.82, 2.24) is 29.1 Å². The smallest absolute Gasteiger partial charge is 0.290 e. The van der Waals surface area contributed by atoms with Crippen LogP contribution < -0.4 is 5.56 Å². The summed E-state index contributed by atoms with van der Waals surface area (Å²) < 4.78 is 3.67. The maximum atomic E-state index is 12.8. The first kappa shape index (κ1) is 21.7. The number of fused-ring (bicyclic) bond motifs is 4. The molecule has 0 unspecified atom stereocenters. The highest BCUT2D eigenvalue weighted by atomic mass is 16.3. The third kappa shape index (κ3) is 4.76. The first-order valence-corrected chi connectivity index (χ1v) is 9.98. The minimum absolute atomic E-state index is 0.0695. The molecule has 2 aliphatic heterocycles. The van der Waals surface area contributed by atoms with E-state index in [9.17, 15) is 9.59 Å². The molecule has 10 nitrogen and oxygen atoms in total. The summed E-state index contributed by atoms with van der Waals surface area (Å²) >= 11 is 0. The van der Waals surface area contributed by atoms with Crippen molar-refractivity contribution >= 4 is 12.4 Å². The number of carboxylic acid groups (broad SMARTS) is 1. The molecule has 0 spiro atoms. The van der Waals surface area contributed by atoms with Crippen LogP contribution >= 0.6 is 0 Å². The van der Waals surface area contributed by atoms with Gasteiger partial charge in [-0.2, -0.15) is 5.10 Å². The maximum absolute atomic E-state index is 12.8. The minimum atomic E-state index is -0.250. The fourth-order valence-corrected chi connectivity index (χ4v) is 4.57. The van der Waals surface area contributed by atoms with E-state index < -0.39 is 0 Å². The number of rotatable bonds is 5. The summed E-state index contributed by atoms with van der Waals surface area (Å²) in [5.74, 6) is 0.677. The van der Waals surface area contributed by atoms with Gasteiger partial charge in [-0.25, -0.2) is 4.98 Å². The topological polar surface area (TPSA) is 114 Å². The Balaban J connectivity index is 0.000000806. The van der Waals surface area contributed by atoms with Gasteiger partial charge in [0.1, 0.15) is 12.7 Å². The van der Waals surface area contributed by atoms with Crippen molar-refractivity contribution in [2.75, 3.05) is 33.7 Å². The number of carbonyl (C=O) groups is 2. The third-order valence-electron chi connectivity index (χ3n) is 5.72. The number of aryl methyl sites for hydroxylation is 1. The van der Waals surface area contributed by atoms with Crippen LogP contribution in [0.4, 0.5) is 0 Å². The fraction of sp³-hybridized carbons (Fsp3) is 0.550. The van der Waals surface area contributed by atoms with E-state index in [1.54, 1.807) is 17.1 Å². The molecule has 162 valence electrons. The van der Waals surface area contributed by atoms with Gasteiger partial charge in [0.2, 0.25) is 5.91 Å².